The van der Waals surface area contributed by atoms with Gasteiger partial charge in [-0.3, -0.25) is 9.78 Å². The zero-order chi connectivity index (χ0) is 27.2. The van der Waals surface area contributed by atoms with Gasteiger partial charge in [0, 0.05) is 17.3 Å². The highest BCUT2D eigenvalue weighted by Gasteiger charge is 2.17. The summed E-state index contributed by atoms with van der Waals surface area (Å²) in [6.07, 6.45) is 3.10. The van der Waals surface area contributed by atoms with Gasteiger partial charge in [-0.25, -0.2) is 14.8 Å². The molecule has 0 aliphatic heterocycles. The van der Waals surface area contributed by atoms with Crippen LogP contribution in [0.5, 0.6) is 11.5 Å². The summed E-state index contributed by atoms with van der Waals surface area (Å²) in [7, 11) is 3.22. The molecule has 0 bridgehead atoms. The van der Waals surface area contributed by atoms with Gasteiger partial charge in [0.15, 0.2) is 6.61 Å². The van der Waals surface area contributed by atoms with Gasteiger partial charge in [-0.1, -0.05) is 0 Å². The summed E-state index contributed by atoms with van der Waals surface area (Å²) in [5.41, 5.74) is 4.88. The van der Waals surface area contributed by atoms with Crippen molar-refractivity contribution in [2.24, 2.45) is 0 Å². The van der Waals surface area contributed by atoms with Gasteiger partial charge in [0.1, 0.15) is 11.5 Å². The van der Waals surface area contributed by atoms with E-state index in [0.717, 1.165) is 22.6 Å². The van der Waals surface area contributed by atoms with Crippen molar-refractivity contribution in [1.29, 1.82) is 0 Å². The third-order valence-electron chi connectivity index (χ3n) is 5.91. The number of carbonyl (C=O) groups excluding carboxylic acids is 2. The molecule has 39 heavy (non-hydrogen) atoms. The topological polar surface area (TPSA) is 113 Å². The lowest BCUT2D eigenvalue weighted by Crippen LogP contribution is -2.21. The van der Waals surface area contributed by atoms with Crippen LogP contribution in [0.3, 0.4) is 0 Å². The first-order chi connectivity index (χ1) is 19.0. The fourth-order valence-electron chi connectivity index (χ4n) is 3.93. The largest absolute Gasteiger partial charge is 0.497 e. The Kier molecular flexibility index (Phi) is 7.40. The Hall–Kier alpha value is -5.31. The van der Waals surface area contributed by atoms with Crippen LogP contribution in [0.25, 0.3) is 33.5 Å². The number of carbonyl (C=O) groups is 2. The van der Waals surface area contributed by atoms with Crippen LogP contribution < -0.4 is 14.8 Å². The van der Waals surface area contributed by atoms with Crippen LogP contribution in [0.4, 0.5) is 5.69 Å². The van der Waals surface area contributed by atoms with Gasteiger partial charge < -0.3 is 19.5 Å². The van der Waals surface area contributed by atoms with E-state index >= 15 is 0 Å². The molecule has 0 aliphatic carbocycles. The van der Waals surface area contributed by atoms with Crippen LogP contribution in [0, 0.1) is 0 Å². The molecule has 9 heteroatoms. The van der Waals surface area contributed by atoms with E-state index in [1.54, 1.807) is 50.7 Å². The predicted octanol–water partition coefficient (Wildman–Crippen LogP) is 5.17. The van der Waals surface area contributed by atoms with Crippen molar-refractivity contribution in [3.63, 3.8) is 0 Å². The second-order valence-electron chi connectivity index (χ2n) is 8.45. The lowest BCUT2D eigenvalue weighted by molar-refractivity contribution is -0.119. The molecule has 0 fully saturated rings. The maximum atomic E-state index is 12.7. The number of pyridine rings is 1. The van der Waals surface area contributed by atoms with Crippen molar-refractivity contribution in [2.75, 3.05) is 26.1 Å². The highest BCUT2D eigenvalue weighted by Crippen LogP contribution is 2.33. The minimum atomic E-state index is -0.648. The number of nitrogens with zero attached hydrogens (tertiary/aromatic N) is 3. The molecule has 0 aliphatic rings. The molecule has 1 N–H and O–H groups in total. The summed E-state index contributed by atoms with van der Waals surface area (Å²) in [6, 6.07) is 23.4. The molecule has 0 spiro atoms. The van der Waals surface area contributed by atoms with Gasteiger partial charge >= 0.3 is 5.97 Å². The number of hydrogen-bond acceptors (Lipinski definition) is 8. The summed E-state index contributed by atoms with van der Waals surface area (Å²) in [6.45, 7) is -0.440. The number of fused-ring (bicyclic) bond motifs is 1. The van der Waals surface area contributed by atoms with Gasteiger partial charge in [-0.15, -0.1) is 0 Å². The maximum absolute atomic E-state index is 12.7. The average molecular weight is 521 g/mol. The molecule has 0 unspecified atom stereocenters. The lowest BCUT2D eigenvalue weighted by atomic mass is 10.0. The van der Waals surface area contributed by atoms with Gasteiger partial charge in [0.2, 0.25) is 0 Å². The molecule has 0 radical (unpaired) electrons. The molecule has 0 saturated carbocycles. The van der Waals surface area contributed by atoms with Gasteiger partial charge in [0.05, 0.1) is 54.1 Å². The van der Waals surface area contributed by atoms with Crippen molar-refractivity contribution in [3.05, 3.63) is 96.8 Å². The zero-order valence-corrected chi connectivity index (χ0v) is 21.3. The minimum Gasteiger partial charge on any atom is -0.497 e. The fraction of sp³-hybridized carbons (Fsp3) is 0.100. The number of ether oxygens (including phenoxy) is 3. The molecular formula is C30H24N4O5. The van der Waals surface area contributed by atoms with E-state index in [1.807, 2.05) is 48.5 Å². The van der Waals surface area contributed by atoms with E-state index < -0.39 is 18.5 Å². The zero-order valence-electron chi connectivity index (χ0n) is 21.3. The normalized spacial score (nSPS) is 10.6. The van der Waals surface area contributed by atoms with E-state index in [4.69, 9.17) is 24.2 Å². The van der Waals surface area contributed by atoms with Crippen molar-refractivity contribution in [2.45, 2.75) is 0 Å². The maximum Gasteiger partial charge on any atom is 0.338 e. The summed E-state index contributed by atoms with van der Waals surface area (Å²) < 4.78 is 15.8. The number of aromatic nitrogens is 3. The van der Waals surface area contributed by atoms with Crippen LogP contribution in [0.15, 0.2) is 91.3 Å². The third kappa shape index (κ3) is 5.83. The third-order valence-corrected chi connectivity index (χ3v) is 5.91. The average Bonchev–Trinajstić information content (AvgIpc) is 2.99. The van der Waals surface area contributed by atoms with Gasteiger partial charge in [0.25, 0.3) is 5.91 Å². The second kappa shape index (κ2) is 11.4. The van der Waals surface area contributed by atoms with Crippen LogP contribution in [0.2, 0.25) is 0 Å². The van der Waals surface area contributed by atoms with E-state index in [-0.39, 0.29) is 5.56 Å². The number of anilines is 1. The predicted molar refractivity (Wildman–Crippen MR) is 147 cm³/mol. The highest BCUT2D eigenvalue weighted by atomic mass is 16.5. The summed E-state index contributed by atoms with van der Waals surface area (Å²) in [4.78, 5) is 38.6. The number of rotatable bonds is 8. The number of amides is 1. The lowest BCUT2D eigenvalue weighted by Gasteiger charge is -2.12. The Bertz CT molecular complexity index is 1620. The van der Waals surface area contributed by atoms with E-state index in [2.05, 4.69) is 10.3 Å². The standard InChI is InChI=1S/C30H24N4O5/c1-37-23-10-5-19(6-11-23)28-29(20-7-12-24(38-2)13-8-20)34-26-16-21(9-14-25(26)33-28)30(36)39-18-27(35)32-22-4-3-15-31-17-22/h3-17H,18H2,1-2H3,(H,32,35). The van der Waals surface area contributed by atoms with Gasteiger partial charge in [-0.2, -0.15) is 0 Å². The van der Waals surface area contributed by atoms with Crippen molar-refractivity contribution < 1.29 is 23.8 Å². The van der Waals surface area contributed by atoms with Gasteiger partial charge in [-0.05, 0) is 78.9 Å². The Morgan fingerprint density at radius 1 is 0.769 bits per heavy atom. The Morgan fingerprint density at radius 2 is 1.38 bits per heavy atom. The molecule has 0 saturated heterocycles. The molecule has 5 aromatic rings. The minimum absolute atomic E-state index is 0.254. The van der Waals surface area contributed by atoms with Crippen molar-refractivity contribution in [3.8, 4) is 34.0 Å². The Morgan fingerprint density at radius 3 is 1.95 bits per heavy atom. The molecule has 2 heterocycles. The Labute approximate surface area is 224 Å². The molecular weight excluding hydrogens is 496 g/mol. The number of benzene rings is 3. The van der Waals surface area contributed by atoms with Crippen LogP contribution in [-0.2, 0) is 9.53 Å². The number of nitrogens with one attached hydrogen (secondary N) is 1. The molecule has 5 rings (SSSR count). The quantitative estimate of drug-likeness (QED) is 0.279. The molecule has 1 amide bonds. The fourth-order valence-corrected chi connectivity index (χ4v) is 3.93. The van der Waals surface area contributed by atoms with Crippen molar-refractivity contribution >= 4 is 28.6 Å². The van der Waals surface area contributed by atoms with E-state index in [1.165, 1.54) is 6.20 Å². The number of methoxy groups -OCH3 is 2. The molecule has 3 aromatic carbocycles. The van der Waals surface area contributed by atoms with Crippen LogP contribution in [-0.4, -0.2) is 47.7 Å². The molecule has 2 aromatic heterocycles. The van der Waals surface area contributed by atoms with Crippen molar-refractivity contribution in [1.82, 2.24) is 15.0 Å². The molecule has 194 valence electrons. The Balaban J connectivity index is 1.45. The second-order valence-corrected chi connectivity index (χ2v) is 8.45. The van der Waals surface area contributed by atoms with Crippen LogP contribution >= 0.6 is 0 Å². The first-order valence-electron chi connectivity index (χ1n) is 12.0. The summed E-state index contributed by atoms with van der Waals surface area (Å²) in [5, 5.41) is 2.62. The van der Waals surface area contributed by atoms with E-state index in [9.17, 15) is 9.59 Å². The van der Waals surface area contributed by atoms with E-state index in [0.29, 0.717) is 28.1 Å². The number of esters is 1. The molecule has 9 nitrogen and oxygen atoms in total. The first kappa shape index (κ1) is 25.3. The number of hydrogen-bond donors (Lipinski definition) is 1. The first-order valence-corrected chi connectivity index (χ1v) is 12.0. The monoisotopic (exact) mass is 520 g/mol. The molecule has 0 atom stereocenters. The SMILES string of the molecule is COc1ccc(-c2nc3ccc(C(=O)OCC(=O)Nc4cccnc4)cc3nc2-c2ccc(OC)cc2)cc1. The smallest absolute Gasteiger partial charge is 0.338 e. The summed E-state index contributed by atoms with van der Waals surface area (Å²) in [5.74, 6) is 0.333. The summed E-state index contributed by atoms with van der Waals surface area (Å²) >= 11 is 0. The van der Waals surface area contributed by atoms with Crippen LogP contribution in [0.1, 0.15) is 10.4 Å². The highest BCUT2D eigenvalue weighted by molar-refractivity contribution is 5.97.